The van der Waals surface area contributed by atoms with Crippen LogP contribution >= 0.6 is 11.3 Å². The van der Waals surface area contributed by atoms with Gasteiger partial charge in [0.25, 0.3) is 0 Å². The number of thiophene rings is 1. The van der Waals surface area contributed by atoms with E-state index < -0.39 is 0 Å². The minimum absolute atomic E-state index is 0.280. The Morgan fingerprint density at radius 2 is 2.27 bits per heavy atom. The van der Waals surface area contributed by atoms with Crippen LogP contribution in [0.2, 0.25) is 0 Å². The normalized spacial score (nSPS) is 10.8. The van der Waals surface area contributed by atoms with Crippen molar-refractivity contribution in [2.75, 3.05) is 12.4 Å². The number of hydrogen-bond donors (Lipinski definition) is 2. The molecule has 0 fully saturated rings. The second kappa shape index (κ2) is 6.67. The first-order valence-electron chi connectivity index (χ1n) is 6.72. The van der Waals surface area contributed by atoms with Crippen LogP contribution in [-0.2, 0) is 17.9 Å². The summed E-state index contributed by atoms with van der Waals surface area (Å²) in [5.74, 6) is 1.12. The predicted molar refractivity (Wildman–Crippen MR) is 84.1 cm³/mol. The fraction of sp³-hybridized carbons (Fsp3) is 0.200. The lowest BCUT2D eigenvalue weighted by Gasteiger charge is -2.10. The fourth-order valence-corrected chi connectivity index (χ4v) is 2.74. The third kappa shape index (κ3) is 3.32. The number of anilines is 1. The molecule has 0 aliphatic heterocycles. The number of nitrogens with one attached hydrogen (secondary N) is 2. The zero-order valence-corrected chi connectivity index (χ0v) is 12.8. The highest BCUT2D eigenvalue weighted by molar-refractivity contribution is 7.13. The average molecular weight is 318 g/mol. The van der Waals surface area contributed by atoms with Gasteiger partial charge >= 0.3 is 0 Å². The van der Waals surface area contributed by atoms with Gasteiger partial charge in [0.1, 0.15) is 11.6 Å². The van der Waals surface area contributed by atoms with Gasteiger partial charge in [-0.3, -0.25) is 5.10 Å². The summed E-state index contributed by atoms with van der Waals surface area (Å²) in [6.45, 7) is 0.817. The molecule has 0 saturated heterocycles. The molecule has 7 heteroatoms. The van der Waals surface area contributed by atoms with E-state index in [-0.39, 0.29) is 5.82 Å². The largest absolute Gasteiger partial charge is 0.380 e. The summed E-state index contributed by atoms with van der Waals surface area (Å²) in [5, 5.41) is 12.3. The molecule has 0 unspecified atom stereocenters. The van der Waals surface area contributed by atoms with Gasteiger partial charge in [0.2, 0.25) is 0 Å². The van der Waals surface area contributed by atoms with Gasteiger partial charge in [0.15, 0.2) is 5.82 Å². The first-order chi connectivity index (χ1) is 10.8. The van der Waals surface area contributed by atoms with Gasteiger partial charge in [0.05, 0.1) is 18.0 Å². The summed E-state index contributed by atoms with van der Waals surface area (Å²) in [7, 11) is 1.58. The van der Waals surface area contributed by atoms with Crippen LogP contribution < -0.4 is 5.32 Å². The number of aromatic amines is 1. The zero-order valence-electron chi connectivity index (χ0n) is 12.0. The lowest BCUT2D eigenvalue weighted by atomic mass is 10.2. The molecule has 2 N–H and O–H groups in total. The molecule has 3 rings (SSSR count). The summed E-state index contributed by atoms with van der Waals surface area (Å²) in [4.78, 5) is 5.45. The van der Waals surface area contributed by atoms with Crippen molar-refractivity contribution in [2.45, 2.75) is 13.2 Å². The Morgan fingerprint density at radius 1 is 1.36 bits per heavy atom. The molecule has 0 atom stereocenters. The first-order valence-corrected chi connectivity index (χ1v) is 7.60. The monoisotopic (exact) mass is 318 g/mol. The Morgan fingerprint density at radius 3 is 3.05 bits per heavy atom. The number of rotatable bonds is 6. The molecule has 0 bridgehead atoms. The summed E-state index contributed by atoms with van der Waals surface area (Å²) >= 11 is 1.59. The van der Waals surface area contributed by atoms with Gasteiger partial charge in [0, 0.05) is 18.4 Å². The molecule has 0 spiro atoms. The smallest absolute Gasteiger partial charge is 0.191 e. The van der Waals surface area contributed by atoms with Crippen LogP contribution in [0.1, 0.15) is 11.4 Å². The fourth-order valence-electron chi connectivity index (χ4n) is 2.08. The van der Waals surface area contributed by atoms with Crippen molar-refractivity contribution in [1.82, 2.24) is 15.2 Å². The van der Waals surface area contributed by atoms with E-state index in [2.05, 4.69) is 20.5 Å². The Hall–Kier alpha value is -2.25. The highest BCUT2D eigenvalue weighted by Crippen LogP contribution is 2.21. The lowest BCUT2D eigenvalue weighted by Crippen LogP contribution is -2.05. The number of aromatic nitrogens is 3. The van der Waals surface area contributed by atoms with Crippen LogP contribution in [-0.4, -0.2) is 22.3 Å². The molecule has 0 aliphatic carbocycles. The van der Waals surface area contributed by atoms with E-state index in [0.29, 0.717) is 19.0 Å². The number of benzene rings is 1. The van der Waals surface area contributed by atoms with Crippen molar-refractivity contribution < 1.29 is 9.13 Å². The molecule has 2 aromatic heterocycles. The molecule has 0 aliphatic rings. The van der Waals surface area contributed by atoms with Gasteiger partial charge < -0.3 is 10.1 Å². The minimum atomic E-state index is -0.280. The van der Waals surface area contributed by atoms with Crippen LogP contribution in [0.3, 0.4) is 0 Å². The molecule has 5 nitrogen and oxygen atoms in total. The topological polar surface area (TPSA) is 62.8 Å². The standard InChI is InChI=1S/C15H15FN4OS/c1-21-9-10-7-11(16)4-5-12(10)17-8-14-18-15(20-19-14)13-3-2-6-22-13/h2-7,17H,8-9H2,1H3,(H,18,19,20). The van der Waals surface area contributed by atoms with Crippen molar-refractivity contribution in [2.24, 2.45) is 0 Å². The third-order valence-corrected chi connectivity index (χ3v) is 3.95. The first kappa shape index (κ1) is 14.7. The molecule has 2 heterocycles. The van der Waals surface area contributed by atoms with Crippen LogP contribution in [0.25, 0.3) is 10.7 Å². The van der Waals surface area contributed by atoms with E-state index in [0.717, 1.165) is 22.0 Å². The lowest BCUT2D eigenvalue weighted by molar-refractivity contribution is 0.185. The van der Waals surface area contributed by atoms with Crippen LogP contribution in [0.5, 0.6) is 0 Å². The Balaban J connectivity index is 1.70. The zero-order chi connectivity index (χ0) is 15.4. The molecule has 0 radical (unpaired) electrons. The number of H-pyrrole nitrogens is 1. The van der Waals surface area contributed by atoms with Crippen molar-refractivity contribution in [3.05, 3.63) is 52.9 Å². The van der Waals surface area contributed by atoms with E-state index in [4.69, 9.17) is 4.74 Å². The highest BCUT2D eigenvalue weighted by Gasteiger charge is 2.08. The van der Waals surface area contributed by atoms with Crippen molar-refractivity contribution in [3.8, 4) is 10.7 Å². The molecule has 0 amide bonds. The molecular weight excluding hydrogens is 303 g/mol. The summed E-state index contributed by atoms with van der Waals surface area (Å²) in [5.41, 5.74) is 1.58. The maximum absolute atomic E-state index is 13.3. The van der Waals surface area contributed by atoms with Gasteiger partial charge in [-0.05, 0) is 29.6 Å². The Labute approximate surface area is 131 Å². The minimum Gasteiger partial charge on any atom is -0.380 e. The molecule has 3 aromatic rings. The number of hydrogen-bond acceptors (Lipinski definition) is 5. The van der Waals surface area contributed by atoms with Crippen molar-refractivity contribution in [3.63, 3.8) is 0 Å². The van der Waals surface area contributed by atoms with Gasteiger partial charge in [-0.2, -0.15) is 5.10 Å². The molecule has 22 heavy (non-hydrogen) atoms. The van der Waals surface area contributed by atoms with Crippen LogP contribution in [0, 0.1) is 5.82 Å². The maximum atomic E-state index is 13.3. The van der Waals surface area contributed by atoms with E-state index in [1.165, 1.54) is 12.1 Å². The van der Waals surface area contributed by atoms with E-state index in [9.17, 15) is 4.39 Å². The number of nitrogens with zero attached hydrogens (tertiary/aromatic N) is 2. The van der Waals surface area contributed by atoms with Gasteiger partial charge in [-0.15, -0.1) is 11.3 Å². The van der Waals surface area contributed by atoms with E-state index in [1.54, 1.807) is 24.5 Å². The number of methoxy groups -OCH3 is 1. The molecule has 0 saturated carbocycles. The maximum Gasteiger partial charge on any atom is 0.191 e. The third-order valence-electron chi connectivity index (χ3n) is 3.09. The van der Waals surface area contributed by atoms with Crippen molar-refractivity contribution >= 4 is 17.0 Å². The van der Waals surface area contributed by atoms with Crippen molar-refractivity contribution in [1.29, 1.82) is 0 Å². The highest BCUT2D eigenvalue weighted by atomic mass is 32.1. The quantitative estimate of drug-likeness (QED) is 0.731. The SMILES string of the molecule is COCc1cc(F)ccc1NCc1nc(-c2cccs2)n[nH]1. The molecular formula is C15H15FN4OS. The number of ether oxygens (including phenoxy) is 1. The number of halogens is 1. The average Bonchev–Trinajstić information content (AvgIpc) is 3.18. The summed E-state index contributed by atoms with van der Waals surface area (Å²) < 4.78 is 18.4. The second-order valence-corrected chi connectivity index (χ2v) is 5.62. The Kier molecular flexibility index (Phi) is 4.45. The van der Waals surface area contributed by atoms with E-state index >= 15 is 0 Å². The summed E-state index contributed by atoms with van der Waals surface area (Å²) in [6.07, 6.45) is 0. The molecule has 114 valence electrons. The van der Waals surface area contributed by atoms with Gasteiger partial charge in [-0.25, -0.2) is 9.37 Å². The predicted octanol–water partition coefficient (Wildman–Crippen LogP) is 3.43. The Bertz CT molecular complexity index is 742. The second-order valence-electron chi connectivity index (χ2n) is 4.67. The van der Waals surface area contributed by atoms with Crippen LogP contribution in [0.15, 0.2) is 35.7 Å². The summed E-state index contributed by atoms with van der Waals surface area (Å²) in [6, 6.07) is 8.51. The van der Waals surface area contributed by atoms with Gasteiger partial charge in [-0.1, -0.05) is 6.07 Å². The van der Waals surface area contributed by atoms with E-state index in [1.807, 2.05) is 17.5 Å². The van der Waals surface area contributed by atoms with Crippen LogP contribution in [0.4, 0.5) is 10.1 Å². The molecule has 1 aromatic carbocycles.